The number of esters is 1. The standard InChI is InChI=1S/C15H21NO4/c1-10(2)7-13(15(18)20-4)16-9-11-8-12(19-3)5-6-14(11)17/h5-6,8-10,13,17H,7H2,1-4H3/t13-/m1/s1. The second kappa shape index (κ2) is 7.53. The first-order valence-corrected chi connectivity index (χ1v) is 6.46. The summed E-state index contributed by atoms with van der Waals surface area (Å²) < 4.78 is 9.82. The Hall–Kier alpha value is -2.04. The minimum atomic E-state index is -0.564. The van der Waals surface area contributed by atoms with Gasteiger partial charge in [-0.15, -0.1) is 0 Å². The topological polar surface area (TPSA) is 68.1 Å². The Kier molecular flexibility index (Phi) is 6.03. The number of benzene rings is 1. The highest BCUT2D eigenvalue weighted by Gasteiger charge is 2.18. The van der Waals surface area contributed by atoms with Crippen molar-refractivity contribution in [1.82, 2.24) is 0 Å². The molecule has 0 aromatic heterocycles. The SMILES string of the molecule is COC(=O)[C@@H](CC(C)C)N=Cc1cc(OC)ccc1O. The van der Waals surface area contributed by atoms with Gasteiger partial charge >= 0.3 is 5.97 Å². The monoisotopic (exact) mass is 279 g/mol. The zero-order chi connectivity index (χ0) is 15.1. The van der Waals surface area contributed by atoms with Crippen LogP contribution in [0.1, 0.15) is 25.8 Å². The summed E-state index contributed by atoms with van der Waals surface area (Å²) in [7, 11) is 2.89. The number of nitrogens with zero attached hydrogens (tertiary/aromatic N) is 1. The average molecular weight is 279 g/mol. The second-order valence-corrected chi connectivity index (χ2v) is 4.87. The fourth-order valence-corrected chi connectivity index (χ4v) is 1.73. The van der Waals surface area contributed by atoms with Crippen LogP contribution in [0.25, 0.3) is 0 Å². The number of ether oxygens (including phenoxy) is 2. The van der Waals surface area contributed by atoms with Gasteiger partial charge in [0.2, 0.25) is 0 Å². The highest BCUT2D eigenvalue weighted by atomic mass is 16.5. The summed E-state index contributed by atoms with van der Waals surface area (Å²) in [5, 5.41) is 9.76. The third kappa shape index (κ3) is 4.57. The molecule has 0 aliphatic rings. The zero-order valence-corrected chi connectivity index (χ0v) is 12.3. The number of aliphatic imine (C=N–C) groups is 1. The van der Waals surface area contributed by atoms with Gasteiger partial charge in [-0.05, 0) is 30.5 Å². The van der Waals surface area contributed by atoms with Gasteiger partial charge in [0.15, 0.2) is 0 Å². The molecule has 5 nitrogen and oxygen atoms in total. The third-order valence-electron chi connectivity index (χ3n) is 2.80. The molecule has 1 aromatic carbocycles. The fraction of sp³-hybridized carbons (Fsp3) is 0.467. The highest BCUT2D eigenvalue weighted by molar-refractivity contribution is 5.86. The van der Waals surface area contributed by atoms with Crippen LogP contribution in [-0.4, -0.2) is 37.6 Å². The maximum atomic E-state index is 11.7. The molecule has 20 heavy (non-hydrogen) atoms. The number of carbonyl (C=O) groups is 1. The van der Waals surface area contributed by atoms with Crippen molar-refractivity contribution in [1.29, 1.82) is 0 Å². The van der Waals surface area contributed by atoms with Crippen LogP contribution in [0.4, 0.5) is 0 Å². The number of phenolic OH excluding ortho intramolecular Hbond substituents is 1. The van der Waals surface area contributed by atoms with Crippen LogP contribution in [0.5, 0.6) is 11.5 Å². The molecule has 0 spiro atoms. The number of rotatable bonds is 6. The van der Waals surface area contributed by atoms with Crippen LogP contribution in [0.2, 0.25) is 0 Å². The van der Waals surface area contributed by atoms with Gasteiger partial charge in [0.05, 0.1) is 14.2 Å². The quantitative estimate of drug-likeness (QED) is 0.641. The molecule has 0 amide bonds. The summed E-state index contributed by atoms with van der Waals surface area (Å²) in [6.45, 7) is 4.02. The first-order chi connectivity index (χ1) is 9.47. The average Bonchev–Trinajstić information content (AvgIpc) is 2.43. The molecule has 0 unspecified atom stereocenters. The summed E-state index contributed by atoms with van der Waals surface area (Å²) >= 11 is 0. The first-order valence-electron chi connectivity index (χ1n) is 6.46. The molecule has 0 heterocycles. The Labute approximate surface area is 119 Å². The number of aromatic hydroxyl groups is 1. The maximum Gasteiger partial charge on any atom is 0.330 e. The van der Waals surface area contributed by atoms with Gasteiger partial charge in [-0.1, -0.05) is 13.8 Å². The van der Waals surface area contributed by atoms with Crippen molar-refractivity contribution in [2.24, 2.45) is 10.9 Å². The summed E-state index contributed by atoms with van der Waals surface area (Å²) in [4.78, 5) is 15.9. The molecule has 1 aromatic rings. The van der Waals surface area contributed by atoms with E-state index in [2.05, 4.69) is 4.99 Å². The molecule has 0 saturated carbocycles. The Bertz CT molecular complexity index is 483. The van der Waals surface area contributed by atoms with E-state index >= 15 is 0 Å². The number of phenols is 1. The van der Waals surface area contributed by atoms with Gasteiger partial charge in [-0.3, -0.25) is 4.99 Å². The number of carbonyl (C=O) groups excluding carboxylic acids is 1. The van der Waals surface area contributed by atoms with Gasteiger partial charge in [0.25, 0.3) is 0 Å². The van der Waals surface area contributed by atoms with Crippen molar-refractivity contribution in [3.63, 3.8) is 0 Å². The van der Waals surface area contributed by atoms with Crippen molar-refractivity contribution in [2.45, 2.75) is 26.3 Å². The van der Waals surface area contributed by atoms with Crippen LogP contribution in [-0.2, 0) is 9.53 Å². The molecule has 0 bridgehead atoms. The predicted molar refractivity (Wildman–Crippen MR) is 77.5 cm³/mol. The van der Waals surface area contributed by atoms with Crippen molar-refractivity contribution >= 4 is 12.2 Å². The molecular weight excluding hydrogens is 258 g/mol. The Morgan fingerprint density at radius 3 is 2.65 bits per heavy atom. The van der Waals surface area contributed by atoms with E-state index in [1.165, 1.54) is 19.4 Å². The molecule has 0 saturated heterocycles. The summed E-state index contributed by atoms with van der Waals surface area (Å²) in [6, 6.07) is 4.27. The van der Waals surface area contributed by atoms with E-state index in [4.69, 9.17) is 9.47 Å². The van der Waals surface area contributed by atoms with Gasteiger partial charge in [-0.2, -0.15) is 0 Å². The largest absolute Gasteiger partial charge is 0.507 e. The van der Waals surface area contributed by atoms with E-state index in [0.29, 0.717) is 23.7 Å². The normalized spacial score (nSPS) is 12.7. The first kappa shape index (κ1) is 16.0. The van der Waals surface area contributed by atoms with Crippen molar-refractivity contribution < 1.29 is 19.4 Å². The van der Waals surface area contributed by atoms with E-state index in [1.807, 2.05) is 13.8 Å². The van der Waals surface area contributed by atoms with Crippen LogP contribution in [0.3, 0.4) is 0 Å². The van der Waals surface area contributed by atoms with Gasteiger partial charge in [0, 0.05) is 11.8 Å². The van der Waals surface area contributed by atoms with Gasteiger partial charge < -0.3 is 14.6 Å². The molecule has 1 atom stereocenters. The lowest BCUT2D eigenvalue weighted by Crippen LogP contribution is -2.22. The lowest BCUT2D eigenvalue weighted by Gasteiger charge is -2.12. The Morgan fingerprint density at radius 2 is 2.10 bits per heavy atom. The number of methoxy groups -OCH3 is 2. The molecule has 1 rings (SSSR count). The molecule has 0 radical (unpaired) electrons. The summed E-state index contributed by atoms with van der Waals surface area (Å²) in [5.41, 5.74) is 0.502. The molecule has 5 heteroatoms. The van der Waals surface area contributed by atoms with E-state index in [-0.39, 0.29) is 11.7 Å². The third-order valence-corrected chi connectivity index (χ3v) is 2.80. The predicted octanol–water partition coefficient (Wildman–Crippen LogP) is 2.41. The zero-order valence-electron chi connectivity index (χ0n) is 12.3. The second-order valence-electron chi connectivity index (χ2n) is 4.87. The summed E-state index contributed by atoms with van der Waals surface area (Å²) in [6.07, 6.45) is 2.07. The van der Waals surface area contributed by atoms with E-state index in [1.54, 1.807) is 19.2 Å². The smallest absolute Gasteiger partial charge is 0.330 e. The highest BCUT2D eigenvalue weighted by Crippen LogP contribution is 2.21. The van der Waals surface area contributed by atoms with Crippen LogP contribution < -0.4 is 4.74 Å². The van der Waals surface area contributed by atoms with Crippen molar-refractivity contribution in [3.05, 3.63) is 23.8 Å². The minimum absolute atomic E-state index is 0.0858. The molecular formula is C15H21NO4. The van der Waals surface area contributed by atoms with Crippen LogP contribution >= 0.6 is 0 Å². The maximum absolute atomic E-state index is 11.7. The van der Waals surface area contributed by atoms with E-state index in [9.17, 15) is 9.90 Å². The Morgan fingerprint density at radius 1 is 1.40 bits per heavy atom. The lowest BCUT2D eigenvalue weighted by molar-refractivity contribution is -0.142. The van der Waals surface area contributed by atoms with Gasteiger partial charge in [-0.25, -0.2) is 4.79 Å². The van der Waals surface area contributed by atoms with Crippen molar-refractivity contribution in [2.75, 3.05) is 14.2 Å². The number of hydrogen-bond donors (Lipinski definition) is 1. The van der Waals surface area contributed by atoms with Crippen LogP contribution in [0, 0.1) is 5.92 Å². The molecule has 110 valence electrons. The summed E-state index contributed by atoms with van der Waals surface area (Å²) in [5.74, 6) is 0.637. The van der Waals surface area contributed by atoms with E-state index in [0.717, 1.165) is 0 Å². The van der Waals surface area contributed by atoms with E-state index < -0.39 is 6.04 Å². The van der Waals surface area contributed by atoms with Crippen molar-refractivity contribution in [3.8, 4) is 11.5 Å². The van der Waals surface area contributed by atoms with Crippen LogP contribution in [0.15, 0.2) is 23.2 Å². The molecule has 0 fully saturated rings. The van der Waals surface area contributed by atoms with Gasteiger partial charge in [0.1, 0.15) is 17.5 Å². The molecule has 0 aliphatic heterocycles. The lowest BCUT2D eigenvalue weighted by atomic mass is 10.0. The minimum Gasteiger partial charge on any atom is -0.507 e. The molecule has 1 N–H and O–H groups in total. The molecule has 0 aliphatic carbocycles. The fourth-order valence-electron chi connectivity index (χ4n) is 1.73. The Balaban J connectivity index is 2.94. The number of hydrogen-bond acceptors (Lipinski definition) is 5.